The number of amides is 2. The van der Waals surface area contributed by atoms with Gasteiger partial charge in [-0.2, -0.15) is 0 Å². The number of rotatable bonds is 10. The van der Waals surface area contributed by atoms with Crippen molar-refractivity contribution in [1.82, 2.24) is 10.9 Å². The number of hydrogen-bond donors (Lipinski definition) is 4. The molecule has 0 bridgehead atoms. The van der Waals surface area contributed by atoms with E-state index < -0.39 is 0 Å². The Morgan fingerprint density at radius 2 is 1.50 bits per heavy atom. The monoisotopic (exact) mass is 256 g/mol. The highest BCUT2D eigenvalue weighted by molar-refractivity contribution is 5.86. The lowest BCUT2D eigenvalue weighted by Crippen LogP contribution is -2.29. The molecule has 2 amide bonds. The molecule has 0 fully saturated rings. The zero-order valence-corrected chi connectivity index (χ0v) is 10.8. The number of nitrogens with one attached hydrogen (secondary N) is 2. The van der Waals surface area contributed by atoms with Crippen LogP contribution in [0.2, 0.25) is 0 Å². The molecule has 0 saturated heterocycles. The first kappa shape index (κ1) is 16.6. The highest BCUT2D eigenvalue weighted by Crippen LogP contribution is 2.08. The van der Waals surface area contributed by atoms with Gasteiger partial charge in [0.05, 0.1) is 0 Å². The van der Waals surface area contributed by atoms with Crippen molar-refractivity contribution >= 4 is 11.8 Å². The molecule has 0 radical (unpaired) electrons. The van der Waals surface area contributed by atoms with Crippen molar-refractivity contribution in [2.45, 2.75) is 51.4 Å². The van der Waals surface area contributed by atoms with Gasteiger partial charge in [-0.05, 0) is 19.3 Å². The number of carbonyl (C=O) groups is 2. The number of carbonyl (C=O) groups excluding carboxylic acids is 2. The van der Waals surface area contributed by atoms with Crippen molar-refractivity contribution in [1.29, 1.82) is 0 Å². The van der Waals surface area contributed by atoms with E-state index in [2.05, 4.69) is 5.43 Å². The standard InChI is InChI=1S/C12H24N4O2/c13-15-11(17)9-7-5-3-1-2-4-6-8-10-12(18)16-14/h7,9H,1-6,8,10,13-14H2,(H,15,17)(H,16,18). The second-order valence-corrected chi connectivity index (χ2v) is 4.14. The van der Waals surface area contributed by atoms with Crippen molar-refractivity contribution < 1.29 is 9.59 Å². The molecule has 0 saturated carbocycles. The van der Waals surface area contributed by atoms with Crippen molar-refractivity contribution in [2.24, 2.45) is 11.7 Å². The van der Waals surface area contributed by atoms with Gasteiger partial charge in [-0.15, -0.1) is 0 Å². The van der Waals surface area contributed by atoms with E-state index in [-0.39, 0.29) is 11.8 Å². The largest absolute Gasteiger partial charge is 0.294 e. The minimum Gasteiger partial charge on any atom is -0.294 e. The minimum absolute atomic E-state index is 0.0988. The Hall–Kier alpha value is -1.40. The molecule has 0 rings (SSSR count). The zero-order chi connectivity index (χ0) is 13.6. The Labute approximate surface area is 108 Å². The van der Waals surface area contributed by atoms with Crippen molar-refractivity contribution in [3.05, 3.63) is 12.2 Å². The van der Waals surface area contributed by atoms with Gasteiger partial charge in [0, 0.05) is 12.5 Å². The van der Waals surface area contributed by atoms with E-state index in [0.29, 0.717) is 6.42 Å². The fraction of sp³-hybridized carbons (Fsp3) is 0.667. The van der Waals surface area contributed by atoms with Gasteiger partial charge in [0.15, 0.2) is 0 Å². The molecule has 104 valence electrons. The van der Waals surface area contributed by atoms with E-state index >= 15 is 0 Å². The van der Waals surface area contributed by atoms with Gasteiger partial charge >= 0.3 is 0 Å². The topological polar surface area (TPSA) is 110 Å². The van der Waals surface area contributed by atoms with Gasteiger partial charge in [0.25, 0.3) is 5.91 Å². The number of hydrogen-bond acceptors (Lipinski definition) is 4. The molecule has 18 heavy (non-hydrogen) atoms. The summed E-state index contributed by atoms with van der Waals surface area (Å²) in [6, 6.07) is 0. The first-order valence-corrected chi connectivity index (χ1v) is 6.37. The number of hydrazine groups is 2. The number of allylic oxidation sites excluding steroid dienone is 1. The SMILES string of the molecule is NNC(=O)C=CCCCCCCCCC(=O)NN. The Kier molecular flexibility index (Phi) is 11.1. The van der Waals surface area contributed by atoms with Crippen molar-refractivity contribution in [3.63, 3.8) is 0 Å². The van der Waals surface area contributed by atoms with Crippen LogP contribution in [-0.4, -0.2) is 11.8 Å². The maximum absolute atomic E-state index is 10.8. The normalized spacial score (nSPS) is 10.6. The highest BCUT2D eigenvalue weighted by atomic mass is 16.2. The fourth-order valence-electron chi connectivity index (χ4n) is 1.57. The van der Waals surface area contributed by atoms with Crippen molar-refractivity contribution in [2.75, 3.05) is 0 Å². The summed E-state index contributed by atoms with van der Waals surface area (Å²) in [6.07, 6.45) is 11.1. The molecule has 6 nitrogen and oxygen atoms in total. The third-order valence-electron chi connectivity index (χ3n) is 2.60. The molecule has 6 N–H and O–H groups in total. The average Bonchev–Trinajstić information content (AvgIpc) is 2.40. The van der Waals surface area contributed by atoms with Crippen LogP contribution in [0.3, 0.4) is 0 Å². The molecular formula is C12H24N4O2. The lowest BCUT2D eigenvalue weighted by atomic mass is 10.1. The minimum atomic E-state index is -0.270. The molecule has 0 aliphatic heterocycles. The smallest absolute Gasteiger partial charge is 0.257 e. The van der Waals surface area contributed by atoms with Gasteiger partial charge in [-0.1, -0.05) is 31.8 Å². The summed E-state index contributed by atoms with van der Waals surface area (Å²) in [6.45, 7) is 0. The molecule has 0 aliphatic rings. The van der Waals surface area contributed by atoms with Gasteiger partial charge in [0.1, 0.15) is 0 Å². The Bertz CT molecular complexity index is 267. The van der Waals surface area contributed by atoms with E-state index in [1.54, 1.807) is 0 Å². The molecule has 0 aromatic rings. The van der Waals surface area contributed by atoms with Crippen LogP contribution in [0.15, 0.2) is 12.2 Å². The van der Waals surface area contributed by atoms with E-state index in [1.807, 2.05) is 11.5 Å². The molecule has 0 aliphatic carbocycles. The maximum atomic E-state index is 10.8. The van der Waals surface area contributed by atoms with Crippen LogP contribution in [0.5, 0.6) is 0 Å². The van der Waals surface area contributed by atoms with Gasteiger partial charge in [-0.3, -0.25) is 20.4 Å². The summed E-state index contributed by atoms with van der Waals surface area (Å²) in [5.74, 6) is 9.53. The van der Waals surface area contributed by atoms with Crippen LogP contribution >= 0.6 is 0 Å². The molecule has 0 atom stereocenters. The van der Waals surface area contributed by atoms with Gasteiger partial charge < -0.3 is 0 Å². The summed E-state index contributed by atoms with van der Waals surface area (Å²) in [7, 11) is 0. The van der Waals surface area contributed by atoms with Crippen LogP contribution in [0.25, 0.3) is 0 Å². The molecule has 0 spiro atoms. The first-order valence-electron chi connectivity index (χ1n) is 6.37. The summed E-state index contributed by atoms with van der Waals surface area (Å²) in [4.78, 5) is 21.5. The van der Waals surface area contributed by atoms with Gasteiger partial charge in [0.2, 0.25) is 5.91 Å². The highest BCUT2D eigenvalue weighted by Gasteiger charge is 1.97. The zero-order valence-electron chi connectivity index (χ0n) is 10.8. The summed E-state index contributed by atoms with van der Waals surface area (Å²) in [5, 5.41) is 0. The number of unbranched alkanes of at least 4 members (excludes halogenated alkanes) is 6. The molecule has 6 heteroatoms. The molecular weight excluding hydrogens is 232 g/mol. The third kappa shape index (κ3) is 11.1. The van der Waals surface area contributed by atoms with Crippen molar-refractivity contribution in [3.8, 4) is 0 Å². The van der Waals surface area contributed by atoms with E-state index in [1.165, 1.54) is 6.08 Å². The average molecular weight is 256 g/mol. The molecule has 0 aromatic carbocycles. The van der Waals surface area contributed by atoms with E-state index in [9.17, 15) is 9.59 Å². The predicted octanol–water partition coefficient (Wildman–Crippen LogP) is 0.643. The summed E-state index contributed by atoms with van der Waals surface area (Å²) < 4.78 is 0. The van der Waals surface area contributed by atoms with E-state index in [0.717, 1.165) is 44.9 Å². The van der Waals surface area contributed by atoms with Crippen LogP contribution < -0.4 is 22.5 Å². The van der Waals surface area contributed by atoms with E-state index in [4.69, 9.17) is 11.7 Å². The molecule has 0 unspecified atom stereocenters. The quantitative estimate of drug-likeness (QED) is 0.151. The van der Waals surface area contributed by atoms with Crippen LogP contribution in [-0.2, 0) is 9.59 Å². The second kappa shape index (κ2) is 12.1. The lowest BCUT2D eigenvalue weighted by molar-refractivity contribution is -0.121. The first-order chi connectivity index (χ1) is 8.70. The predicted molar refractivity (Wildman–Crippen MR) is 70.7 cm³/mol. The molecule has 0 aromatic heterocycles. The summed E-state index contributed by atoms with van der Waals surface area (Å²) >= 11 is 0. The fourth-order valence-corrected chi connectivity index (χ4v) is 1.57. The summed E-state index contributed by atoms with van der Waals surface area (Å²) in [5.41, 5.74) is 4.15. The Morgan fingerprint density at radius 3 is 2.11 bits per heavy atom. The van der Waals surface area contributed by atoms with Crippen LogP contribution in [0.1, 0.15) is 51.4 Å². The Morgan fingerprint density at radius 1 is 0.889 bits per heavy atom. The number of nitrogens with two attached hydrogens (primary N) is 2. The maximum Gasteiger partial charge on any atom is 0.257 e. The van der Waals surface area contributed by atoms with Crippen LogP contribution in [0.4, 0.5) is 0 Å². The third-order valence-corrected chi connectivity index (χ3v) is 2.60. The van der Waals surface area contributed by atoms with Gasteiger partial charge in [-0.25, -0.2) is 11.7 Å². The molecule has 0 heterocycles. The van der Waals surface area contributed by atoms with Crippen LogP contribution in [0, 0.1) is 0 Å². The Balaban J connectivity index is 3.19. The second-order valence-electron chi connectivity index (χ2n) is 4.14. The lowest BCUT2D eigenvalue weighted by Gasteiger charge is -2.00.